The molecule has 3 nitrogen and oxygen atoms in total. The van der Waals surface area contributed by atoms with E-state index in [4.69, 9.17) is 10.8 Å². The summed E-state index contributed by atoms with van der Waals surface area (Å²) in [7, 11) is 0. The molecule has 1 aliphatic rings. The first-order valence-electron chi connectivity index (χ1n) is 8.09. The van der Waals surface area contributed by atoms with E-state index >= 15 is 0 Å². The fourth-order valence-electron chi connectivity index (χ4n) is 3.21. The number of carbonyl (C=O) groups is 1. The van der Waals surface area contributed by atoms with Crippen LogP contribution in [-0.4, -0.2) is 24.0 Å². The first-order valence-corrected chi connectivity index (χ1v) is 8.09. The van der Waals surface area contributed by atoms with Crippen LogP contribution >= 0.6 is 0 Å². The Kier molecular flexibility index (Phi) is 8.31. The molecule has 3 N–H and O–H groups in total. The minimum absolute atomic E-state index is 0.162. The molecule has 0 saturated heterocycles. The summed E-state index contributed by atoms with van der Waals surface area (Å²) < 4.78 is 0. The van der Waals surface area contributed by atoms with Gasteiger partial charge in [-0.05, 0) is 25.7 Å². The van der Waals surface area contributed by atoms with Crippen LogP contribution in [0, 0.1) is 5.41 Å². The van der Waals surface area contributed by atoms with Gasteiger partial charge in [-0.25, -0.2) is 0 Å². The number of carbonyl (C=O) groups excluding carboxylic acids is 1. The molecular weight excluding hydrogens is 238 g/mol. The predicted octanol–water partition coefficient (Wildman–Crippen LogP) is 3.19. The number of rotatable bonds is 4. The second-order valence-electron chi connectivity index (χ2n) is 6.06. The van der Waals surface area contributed by atoms with Crippen LogP contribution in [0.15, 0.2) is 0 Å². The van der Waals surface area contributed by atoms with Crippen molar-refractivity contribution < 1.29 is 9.90 Å². The molecule has 1 saturated carbocycles. The summed E-state index contributed by atoms with van der Waals surface area (Å²) in [5.74, 6) is 0.351. The molecule has 1 atom stereocenters. The van der Waals surface area contributed by atoms with E-state index in [1.807, 2.05) is 0 Å². The number of ketones is 1. The lowest BCUT2D eigenvalue weighted by Gasteiger charge is -2.31. The Balaban J connectivity index is 2.64. The molecule has 0 aromatic rings. The highest BCUT2D eigenvalue weighted by Gasteiger charge is 2.34. The lowest BCUT2D eigenvalue weighted by atomic mass is 9.73. The third-order valence-electron chi connectivity index (χ3n) is 4.60. The maximum atomic E-state index is 12.5. The number of nitrogens with two attached hydrogens (primary N) is 1. The number of aliphatic hydroxyl groups is 1. The summed E-state index contributed by atoms with van der Waals surface area (Å²) in [6.07, 6.45) is 12.8. The van der Waals surface area contributed by atoms with Gasteiger partial charge in [0.1, 0.15) is 5.78 Å². The van der Waals surface area contributed by atoms with Gasteiger partial charge in [-0.3, -0.25) is 4.79 Å². The van der Waals surface area contributed by atoms with Crippen molar-refractivity contribution >= 4 is 5.78 Å². The van der Waals surface area contributed by atoms with E-state index in [0.29, 0.717) is 25.2 Å². The van der Waals surface area contributed by atoms with Crippen molar-refractivity contribution in [2.24, 2.45) is 11.1 Å². The quantitative estimate of drug-likeness (QED) is 0.824. The third-order valence-corrected chi connectivity index (χ3v) is 4.60. The van der Waals surface area contributed by atoms with E-state index in [1.165, 1.54) is 38.5 Å². The molecule has 19 heavy (non-hydrogen) atoms. The van der Waals surface area contributed by atoms with E-state index < -0.39 is 0 Å². The Morgan fingerprint density at radius 1 is 1.00 bits per heavy atom. The Hall–Kier alpha value is -0.410. The molecule has 0 radical (unpaired) electrons. The maximum absolute atomic E-state index is 12.5. The van der Waals surface area contributed by atoms with Crippen molar-refractivity contribution in [3.8, 4) is 0 Å². The van der Waals surface area contributed by atoms with Crippen molar-refractivity contribution in [1.82, 2.24) is 0 Å². The Bertz CT molecular complexity index is 255. The van der Waals surface area contributed by atoms with Crippen molar-refractivity contribution in [2.75, 3.05) is 13.2 Å². The zero-order chi connectivity index (χ0) is 14.0. The molecule has 0 aliphatic heterocycles. The highest BCUT2D eigenvalue weighted by atomic mass is 16.3. The summed E-state index contributed by atoms with van der Waals surface area (Å²) >= 11 is 0. The number of Topliss-reactive ketones (excluding diaryl/α,β-unsaturated/α-hetero) is 1. The van der Waals surface area contributed by atoms with Gasteiger partial charge in [-0.2, -0.15) is 0 Å². The highest BCUT2D eigenvalue weighted by Crippen LogP contribution is 2.33. The van der Waals surface area contributed by atoms with E-state index in [1.54, 1.807) is 0 Å². The van der Waals surface area contributed by atoms with E-state index in [9.17, 15) is 4.79 Å². The van der Waals surface area contributed by atoms with Crippen LogP contribution in [0.1, 0.15) is 77.0 Å². The second kappa shape index (κ2) is 9.49. The molecule has 1 unspecified atom stereocenters. The SMILES string of the molecule is NCC1(CCCO)CCCCCCCCCCC1=O. The van der Waals surface area contributed by atoms with Crippen molar-refractivity contribution in [3.05, 3.63) is 0 Å². The van der Waals surface area contributed by atoms with Crippen LogP contribution in [0.3, 0.4) is 0 Å². The zero-order valence-electron chi connectivity index (χ0n) is 12.3. The Morgan fingerprint density at radius 2 is 1.58 bits per heavy atom. The van der Waals surface area contributed by atoms with Gasteiger partial charge in [0.15, 0.2) is 0 Å². The van der Waals surface area contributed by atoms with Gasteiger partial charge in [0.05, 0.1) is 0 Å². The first kappa shape index (κ1) is 16.6. The third kappa shape index (κ3) is 5.62. The van der Waals surface area contributed by atoms with Crippen LogP contribution in [0.2, 0.25) is 0 Å². The molecule has 1 fully saturated rings. The normalized spacial score (nSPS) is 27.6. The molecule has 112 valence electrons. The molecule has 0 spiro atoms. The molecule has 1 rings (SSSR count). The van der Waals surface area contributed by atoms with Crippen LogP contribution < -0.4 is 5.73 Å². The molecule has 1 aliphatic carbocycles. The number of hydrogen-bond acceptors (Lipinski definition) is 3. The van der Waals surface area contributed by atoms with Crippen LogP contribution in [0.4, 0.5) is 0 Å². The fraction of sp³-hybridized carbons (Fsp3) is 0.938. The highest BCUT2D eigenvalue weighted by molar-refractivity contribution is 5.85. The van der Waals surface area contributed by atoms with Crippen LogP contribution in [0.5, 0.6) is 0 Å². The van der Waals surface area contributed by atoms with Crippen molar-refractivity contribution in [2.45, 2.75) is 77.0 Å². The Labute approximate surface area is 118 Å². The first-order chi connectivity index (χ1) is 9.25. The zero-order valence-corrected chi connectivity index (χ0v) is 12.3. The lowest BCUT2D eigenvalue weighted by Crippen LogP contribution is -2.39. The molecule has 0 heterocycles. The molecule has 3 heteroatoms. The van der Waals surface area contributed by atoms with Crippen molar-refractivity contribution in [3.63, 3.8) is 0 Å². The van der Waals surface area contributed by atoms with E-state index in [2.05, 4.69) is 0 Å². The maximum Gasteiger partial charge on any atom is 0.140 e. The van der Waals surface area contributed by atoms with Gasteiger partial charge in [0, 0.05) is 25.0 Å². The average Bonchev–Trinajstić information content (AvgIpc) is 2.42. The second-order valence-corrected chi connectivity index (χ2v) is 6.06. The van der Waals surface area contributed by atoms with Gasteiger partial charge in [-0.15, -0.1) is 0 Å². The Morgan fingerprint density at radius 3 is 2.16 bits per heavy atom. The van der Waals surface area contributed by atoms with Gasteiger partial charge in [0.25, 0.3) is 0 Å². The minimum Gasteiger partial charge on any atom is -0.396 e. The monoisotopic (exact) mass is 269 g/mol. The standard InChI is InChI=1S/C16H31NO2/c17-14-16(12-9-13-18)11-8-6-4-2-1-3-5-7-10-15(16)19/h18H,1-14,17H2. The summed E-state index contributed by atoms with van der Waals surface area (Å²) in [6.45, 7) is 0.612. The van der Waals surface area contributed by atoms with E-state index in [-0.39, 0.29) is 12.0 Å². The number of aliphatic hydroxyl groups excluding tert-OH is 1. The van der Waals surface area contributed by atoms with Crippen LogP contribution in [-0.2, 0) is 4.79 Å². The summed E-state index contributed by atoms with van der Waals surface area (Å²) in [5.41, 5.74) is 5.60. The molecule has 0 bridgehead atoms. The fourth-order valence-corrected chi connectivity index (χ4v) is 3.21. The molecule has 0 amide bonds. The molecule has 0 aromatic carbocycles. The van der Waals surface area contributed by atoms with Gasteiger partial charge >= 0.3 is 0 Å². The lowest BCUT2D eigenvalue weighted by molar-refractivity contribution is -0.129. The topological polar surface area (TPSA) is 63.3 Å². The van der Waals surface area contributed by atoms with Gasteiger partial charge < -0.3 is 10.8 Å². The van der Waals surface area contributed by atoms with Crippen LogP contribution in [0.25, 0.3) is 0 Å². The average molecular weight is 269 g/mol. The molecule has 0 aromatic heterocycles. The molecular formula is C16H31NO2. The minimum atomic E-state index is -0.345. The van der Waals surface area contributed by atoms with E-state index in [0.717, 1.165) is 25.7 Å². The number of hydrogen-bond donors (Lipinski definition) is 2. The van der Waals surface area contributed by atoms with Gasteiger partial charge in [-0.1, -0.05) is 44.9 Å². The largest absolute Gasteiger partial charge is 0.396 e. The van der Waals surface area contributed by atoms with Gasteiger partial charge in [0.2, 0.25) is 0 Å². The summed E-state index contributed by atoms with van der Waals surface area (Å²) in [5, 5.41) is 9.05. The summed E-state index contributed by atoms with van der Waals surface area (Å²) in [4.78, 5) is 12.5. The van der Waals surface area contributed by atoms with Crippen molar-refractivity contribution in [1.29, 1.82) is 0 Å². The smallest absolute Gasteiger partial charge is 0.140 e. The summed E-state index contributed by atoms with van der Waals surface area (Å²) in [6, 6.07) is 0. The predicted molar refractivity (Wildman–Crippen MR) is 79.0 cm³/mol.